The first kappa shape index (κ1) is 20.7. The number of amides is 2. The summed E-state index contributed by atoms with van der Waals surface area (Å²) in [4.78, 5) is 50.3. The molecule has 3 heterocycles. The average molecular weight is 427 g/mol. The number of H-pyrrole nitrogens is 1. The highest BCUT2D eigenvalue weighted by molar-refractivity contribution is 5.82. The summed E-state index contributed by atoms with van der Waals surface area (Å²) in [7, 11) is 0. The molecule has 0 unspecified atom stereocenters. The zero-order valence-corrected chi connectivity index (χ0v) is 18.6. The van der Waals surface area contributed by atoms with Gasteiger partial charge in [0.2, 0.25) is 11.8 Å². The highest BCUT2D eigenvalue weighted by atomic mass is 16.2. The summed E-state index contributed by atoms with van der Waals surface area (Å²) in [5.41, 5.74) is 1.29. The van der Waals surface area contributed by atoms with Gasteiger partial charge in [-0.1, -0.05) is 19.8 Å². The molecule has 2 aliphatic carbocycles. The van der Waals surface area contributed by atoms with Crippen molar-refractivity contribution in [3.63, 3.8) is 0 Å². The number of aromatic amines is 1. The monoisotopic (exact) mass is 426 g/mol. The lowest BCUT2D eigenvalue weighted by atomic mass is 9.99. The van der Waals surface area contributed by atoms with Crippen LogP contribution in [0.5, 0.6) is 0 Å². The van der Waals surface area contributed by atoms with Crippen molar-refractivity contribution in [1.82, 2.24) is 19.8 Å². The molecule has 0 aromatic carbocycles. The minimum Gasteiger partial charge on any atom is -0.338 e. The lowest BCUT2D eigenvalue weighted by Gasteiger charge is -2.36. The zero-order valence-electron chi connectivity index (χ0n) is 18.6. The number of carbonyl (C=O) groups excluding carboxylic acids is 2. The van der Waals surface area contributed by atoms with E-state index < -0.39 is 0 Å². The van der Waals surface area contributed by atoms with Gasteiger partial charge in [-0.25, -0.2) is 4.98 Å². The van der Waals surface area contributed by atoms with Crippen molar-refractivity contribution in [3.05, 3.63) is 27.4 Å². The lowest BCUT2D eigenvalue weighted by Crippen LogP contribution is -2.43. The zero-order chi connectivity index (χ0) is 21.5. The molecule has 0 bridgehead atoms. The number of nitrogens with one attached hydrogen (secondary N) is 1. The molecule has 4 aliphatic rings. The minimum absolute atomic E-state index is 0.130. The number of rotatable bonds is 4. The van der Waals surface area contributed by atoms with Crippen LogP contribution < -0.4 is 5.56 Å². The number of hydrogen-bond acceptors (Lipinski definition) is 4. The van der Waals surface area contributed by atoms with Crippen LogP contribution in [0.1, 0.15) is 87.8 Å². The smallest absolute Gasteiger partial charge is 0.256 e. The highest BCUT2D eigenvalue weighted by Gasteiger charge is 2.44. The fourth-order valence-corrected chi connectivity index (χ4v) is 5.76. The van der Waals surface area contributed by atoms with Crippen LogP contribution in [-0.4, -0.2) is 44.7 Å². The van der Waals surface area contributed by atoms with Crippen LogP contribution in [0.4, 0.5) is 0 Å². The summed E-state index contributed by atoms with van der Waals surface area (Å²) in [6, 6.07) is -0.130. The van der Waals surface area contributed by atoms with Crippen molar-refractivity contribution in [2.75, 3.05) is 13.1 Å². The Kier molecular flexibility index (Phi) is 5.61. The molecule has 1 aromatic heterocycles. The molecule has 3 fully saturated rings. The molecule has 1 N–H and O–H groups in total. The van der Waals surface area contributed by atoms with Crippen LogP contribution in [0.3, 0.4) is 0 Å². The van der Waals surface area contributed by atoms with Crippen molar-refractivity contribution in [2.24, 2.45) is 17.8 Å². The molecular weight excluding hydrogens is 392 g/mol. The summed E-state index contributed by atoms with van der Waals surface area (Å²) in [5.74, 6) is 2.15. The maximum absolute atomic E-state index is 13.0. The van der Waals surface area contributed by atoms with E-state index in [1.54, 1.807) is 0 Å². The number of likely N-dealkylation sites (tertiary alicyclic amines) is 1. The maximum Gasteiger partial charge on any atom is 0.256 e. The Morgan fingerprint density at radius 1 is 1.10 bits per heavy atom. The van der Waals surface area contributed by atoms with Gasteiger partial charge in [0.1, 0.15) is 5.82 Å². The lowest BCUT2D eigenvalue weighted by molar-refractivity contribution is -0.137. The van der Waals surface area contributed by atoms with Gasteiger partial charge in [-0.2, -0.15) is 0 Å². The van der Waals surface area contributed by atoms with Gasteiger partial charge >= 0.3 is 0 Å². The van der Waals surface area contributed by atoms with Crippen LogP contribution in [-0.2, 0) is 22.6 Å². The van der Waals surface area contributed by atoms with Crippen LogP contribution in [0, 0.1) is 17.8 Å². The van der Waals surface area contributed by atoms with E-state index in [-0.39, 0.29) is 29.3 Å². The van der Waals surface area contributed by atoms with E-state index in [9.17, 15) is 14.4 Å². The number of piperidine rings is 1. The van der Waals surface area contributed by atoms with E-state index in [2.05, 4.69) is 11.9 Å². The van der Waals surface area contributed by atoms with Crippen LogP contribution in [0.2, 0.25) is 0 Å². The minimum atomic E-state index is -0.142. The molecule has 0 radical (unpaired) electrons. The van der Waals surface area contributed by atoms with Gasteiger partial charge in [0.15, 0.2) is 0 Å². The Balaban J connectivity index is 1.32. The second-order valence-electron chi connectivity index (χ2n) is 10.2. The molecule has 1 aromatic rings. The molecular formula is C24H34N4O3. The Morgan fingerprint density at radius 3 is 2.58 bits per heavy atom. The Morgan fingerprint density at radius 2 is 1.84 bits per heavy atom. The summed E-state index contributed by atoms with van der Waals surface area (Å²) in [6.45, 7) is 3.86. The Bertz CT molecular complexity index is 920. The standard InChI is InChI=1S/C24H34N4O3/c1-15-12-17(15)24(31)28-10-5-4-8-20(28)22-25-19-9-11-27(14-18(19)23(30)26-22)21(29)13-16-6-2-3-7-16/h15-17,20H,2-14H2,1H3,(H,25,26,30)/t15-,17+,20-/m1/s1. The highest BCUT2D eigenvalue weighted by Crippen LogP contribution is 2.42. The van der Waals surface area contributed by atoms with Gasteiger partial charge in [0, 0.05) is 31.8 Å². The van der Waals surface area contributed by atoms with Crippen molar-refractivity contribution in [1.29, 1.82) is 0 Å². The Labute approximate surface area is 183 Å². The number of carbonyl (C=O) groups is 2. The summed E-state index contributed by atoms with van der Waals surface area (Å²) in [5, 5.41) is 0. The molecule has 168 valence electrons. The fourth-order valence-electron chi connectivity index (χ4n) is 5.76. The van der Waals surface area contributed by atoms with Gasteiger partial charge in [-0.3, -0.25) is 14.4 Å². The van der Waals surface area contributed by atoms with Crippen LogP contribution in [0.15, 0.2) is 4.79 Å². The Hall–Kier alpha value is -2.18. The van der Waals surface area contributed by atoms with Gasteiger partial charge < -0.3 is 14.8 Å². The first-order valence-electron chi connectivity index (χ1n) is 12.2. The molecule has 7 nitrogen and oxygen atoms in total. The van der Waals surface area contributed by atoms with Crippen molar-refractivity contribution >= 4 is 11.8 Å². The van der Waals surface area contributed by atoms with Gasteiger partial charge in [0.25, 0.3) is 5.56 Å². The first-order chi connectivity index (χ1) is 15.0. The van der Waals surface area contributed by atoms with E-state index in [4.69, 9.17) is 4.98 Å². The van der Waals surface area contributed by atoms with Crippen LogP contribution >= 0.6 is 0 Å². The molecule has 2 amide bonds. The van der Waals surface area contributed by atoms with Crippen LogP contribution in [0.25, 0.3) is 0 Å². The van der Waals surface area contributed by atoms with E-state index in [1.807, 2.05) is 9.80 Å². The largest absolute Gasteiger partial charge is 0.338 e. The molecule has 31 heavy (non-hydrogen) atoms. The quantitative estimate of drug-likeness (QED) is 0.802. The first-order valence-corrected chi connectivity index (χ1v) is 12.2. The molecule has 1 saturated heterocycles. The SMILES string of the molecule is C[C@@H]1C[C@@H]1C(=O)N1CCCC[C@@H]1c1nc2c(c(=O)[nH]1)CN(C(=O)CC1CCCC1)CC2. The number of hydrogen-bond donors (Lipinski definition) is 1. The number of fused-ring (bicyclic) bond motifs is 1. The predicted octanol–water partition coefficient (Wildman–Crippen LogP) is 2.94. The van der Waals surface area contributed by atoms with Gasteiger partial charge in [-0.05, 0) is 50.4 Å². The summed E-state index contributed by atoms with van der Waals surface area (Å²) in [6.07, 6.45) is 9.86. The van der Waals surface area contributed by atoms with Crippen molar-refractivity contribution in [3.8, 4) is 0 Å². The van der Waals surface area contributed by atoms with E-state index in [0.717, 1.165) is 50.8 Å². The number of aromatic nitrogens is 2. The van der Waals surface area contributed by atoms with E-state index in [1.165, 1.54) is 12.8 Å². The maximum atomic E-state index is 13.0. The topological polar surface area (TPSA) is 86.4 Å². The molecule has 2 saturated carbocycles. The predicted molar refractivity (Wildman–Crippen MR) is 116 cm³/mol. The fraction of sp³-hybridized carbons (Fsp3) is 0.750. The summed E-state index contributed by atoms with van der Waals surface area (Å²) >= 11 is 0. The van der Waals surface area contributed by atoms with Crippen molar-refractivity contribution in [2.45, 2.75) is 83.7 Å². The third-order valence-electron chi connectivity index (χ3n) is 7.91. The third-order valence-corrected chi connectivity index (χ3v) is 7.91. The van der Waals surface area contributed by atoms with E-state index in [0.29, 0.717) is 49.2 Å². The average Bonchev–Trinajstić information content (AvgIpc) is 3.28. The molecule has 2 aliphatic heterocycles. The van der Waals surface area contributed by atoms with Gasteiger partial charge in [-0.15, -0.1) is 0 Å². The second-order valence-corrected chi connectivity index (χ2v) is 10.2. The molecule has 3 atom stereocenters. The third kappa shape index (κ3) is 4.15. The molecule has 0 spiro atoms. The summed E-state index contributed by atoms with van der Waals surface area (Å²) < 4.78 is 0. The number of nitrogens with zero attached hydrogens (tertiary/aromatic N) is 3. The second kappa shape index (κ2) is 8.40. The molecule has 7 heteroatoms. The van der Waals surface area contributed by atoms with Gasteiger partial charge in [0.05, 0.1) is 23.8 Å². The molecule has 5 rings (SSSR count). The van der Waals surface area contributed by atoms with E-state index >= 15 is 0 Å². The normalized spacial score (nSPS) is 28.5. The van der Waals surface area contributed by atoms with Crippen molar-refractivity contribution < 1.29 is 9.59 Å².